The number of aliphatic hydroxyl groups excluding tert-OH is 1. The molecular formula is C13H15F2NO2. The molecule has 18 heavy (non-hydrogen) atoms. The number of carbonyl (C=O) groups excluding carboxylic acids is 1. The number of nitrogens with zero attached hydrogens (tertiary/aromatic N) is 1. The fourth-order valence-corrected chi connectivity index (χ4v) is 2.38. The van der Waals surface area contributed by atoms with Crippen LogP contribution in [0.1, 0.15) is 23.7 Å². The molecule has 0 aromatic heterocycles. The molecule has 1 aliphatic heterocycles. The Kier molecular flexibility index (Phi) is 3.61. The highest BCUT2D eigenvalue weighted by molar-refractivity contribution is 5.95. The van der Waals surface area contributed by atoms with Gasteiger partial charge in [-0.3, -0.25) is 4.79 Å². The summed E-state index contributed by atoms with van der Waals surface area (Å²) in [6.45, 7) is 2.13. The molecule has 0 bridgehead atoms. The third-order valence-electron chi connectivity index (χ3n) is 3.51. The summed E-state index contributed by atoms with van der Waals surface area (Å²) in [4.78, 5) is 13.5. The molecule has 1 amide bonds. The SMILES string of the molecule is CC1CCN(C(=O)c2c(F)cccc2F)C1CO. The van der Waals surface area contributed by atoms with Crippen LogP contribution in [0, 0.1) is 17.6 Å². The van der Waals surface area contributed by atoms with Gasteiger partial charge in [0.15, 0.2) is 0 Å². The van der Waals surface area contributed by atoms with Gasteiger partial charge in [-0.1, -0.05) is 13.0 Å². The first kappa shape index (κ1) is 13.0. The monoisotopic (exact) mass is 255 g/mol. The molecule has 1 aliphatic rings. The molecule has 1 saturated heterocycles. The standard InChI is InChI=1S/C13H15F2NO2/c1-8-5-6-16(11(8)7-17)13(18)12-9(14)3-2-4-10(12)15/h2-4,8,11,17H,5-7H2,1H3. The summed E-state index contributed by atoms with van der Waals surface area (Å²) in [6, 6.07) is 2.97. The van der Waals surface area contributed by atoms with Crippen LogP contribution in [0.25, 0.3) is 0 Å². The van der Waals surface area contributed by atoms with Crippen molar-refractivity contribution in [3.8, 4) is 0 Å². The van der Waals surface area contributed by atoms with Gasteiger partial charge in [0.25, 0.3) is 5.91 Å². The van der Waals surface area contributed by atoms with Crippen LogP contribution in [-0.4, -0.2) is 35.1 Å². The number of carbonyl (C=O) groups is 1. The minimum absolute atomic E-state index is 0.133. The molecule has 0 saturated carbocycles. The molecule has 2 unspecified atom stereocenters. The Morgan fingerprint density at radius 2 is 2.06 bits per heavy atom. The number of rotatable bonds is 2. The molecule has 0 radical (unpaired) electrons. The van der Waals surface area contributed by atoms with E-state index < -0.39 is 23.1 Å². The highest BCUT2D eigenvalue weighted by atomic mass is 19.1. The van der Waals surface area contributed by atoms with Gasteiger partial charge in [0, 0.05) is 6.54 Å². The second kappa shape index (κ2) is 5.02. The maximum Gasteiger partial charge on any atom is 0.260 e. The molecule has 1 aromatic rings. The average Bonchev–Trinajstić information content (AvgIpc) is 2.69. The van der Waals surface area contributed by atoms with E-state index in [1.807, 2.05) is 6.92 Å². The van der Waals surface area contributed by atoms with Crippen molar-refractivity contribution in [2.24, 2.45) is 5.92 Å². The number of hydrogen-bond acceptors (Lipinski definition) is 2. The lowest BCUT2D eigenvalue weighted by atomic mass is 10.0. The van der Waals surface area contributed by atoms with E-state index in [0.29, 0.717) is 6.54 Å². The third-order valence-corrected chi connectivity index (χ3v) is 3.51. The molecule has 2 atom stereocenters. The van der Waals surface area contributed by atoms with E-state index in [2.05, 4.69) is 0 Å². The summed E-state index contributed by atoms with van der Waals surface area (Å²) in [6.07, 6.45) is 0.729. The fourth-order valence-electron chi connectivity index (χ4n) is 2.38. The first-order chi connectivity index (χ1) is 8.56. The van der Waals surface area contributed by atoms with Gasteiger partial charge in [0.2, 0.25) is 0 Å². The van der Waals surface area contributed by atoms with E-state index in [1.54, 1.807) is 0 Å². The number of amides is 1. The number of aliphatic hydroxyl groups is 1. The first-order valence-electron chi connectivity index (χ1n) is 5.92. The van der Waals surface area contributed by atoms with Crippen molar-refractivity contribution in [3.05, 3.63) is 35.4 Å². The largest absolute Gasteiger partial charge is 0.394 e. The Morgan fingerprint density at radius 1 is 1.44 bits per heavy atom. The minimum atomic E-state index is -0.865. The van der Waals surface area contributed by atoms with Crippen LogP contribution in [0.4, 0.5) is 8.78 Å². The lowest BCUT2D eigenvalue weighted by molar-refractivity contribution is 0.0638. The molecule has 5 heteroatoms. The average molecular weight is 255 g/mol. The third kappa shape index (κ3) is 2.10. The molecule has 0 spiro atoms. The number of hydrogen-bond donors (Lipinski definition) is 1. The van der Waals surface area contributed by atoms with Crippen LogP contribution in [0.2, 0.25) is 0 Å². The van der Waals surface area contributed by atoms with Gasteiger partial charge in [-0.15, -0.1) is 0 Å². The topological polar surface area (TPSA) is 40.5 Å². The molecule has 1 fully saturated rings. The van der Waals surface area contributed by atoms with Gasteiger partial charge in [0.1, 0.15) is 17.2 Å². The van der Waals surface area contributed by atoms with Gasteiger partial charge >= 0.3 is 0 Å². The molecule has 98 valence electrons. The van der Waals surface area contributed by atoms with Crippen molar-refractivity contribution in [1.29, 1.82) is 0 Å². The van der Waals surface area contributed by atoms with Gasteiger partial charge in [-0.05, 0) is 24.5 Å². The van der Waals surface area contributed by atoms with Crippen LogP contribution in [0.3, 0.4) is 0 Å². The van der Waals surface area contributed by atoms with Crippen LogP contribution in [-0.2, 0) is 0 Å². The summed E-state index contributed by atoms with van der Waals surface area (Å²) < 4.78 is 27.1. The molecule has 3 nitrogen and oxygen atoms in total. The molecule has 1 heterocycles. The predicted octanol–water partition coefficient (Wildman–Crippen LogP) is 1.81. The van der Waals surface area contributed by atoms with Gasteiger partial charge in [-0.25, -0.2) is 8.78 Å². The minimum Gasteiger partial charge on any atom is -0.394 e. The number of benzene rings is 1. The van der Waals surface area contributed by atoms with E-state index in [0.717, 1.165) is 18.6 Å². The molecule has 0 aliphatic carbocycles. The summed E-state index contributed by atoms with van der Waals surface area (Å²) in [5.41, 5.74) is -0.537. The Hall–Kier alpha value is -1.49. The smallest absolute Gasteiger partial charge is 0.260 e. The number of halogens is 2. The second-order valence-electron chi connectivity index (χ2n) is 4.61. The van der Waals surface area contributed by atoms with Crippen LogP contribution < -0.4 is 0 Å². The predicted molar refractivity (Wildman–Crippen MR) is 62.0 cm³/mol. The summed E-state index contributed by atoms with van der Waals surface area (Å²) in [5, 5.41) is 9.26. The quantitative estimate of drug-likeness (QED) is 0.875. The van der Waals surface area contributed by atoms with Crippen molar-refractivity contribution in [1.82, 2.24) is 4.90 Å². The maximum absolute atomic E-state index is 13.5. The first-order valence-corrected chi connectivity index (χ1v) is 5.92. The molecule has 2 rings (SSSR count). The van der Waals surface area contributed by atoms with Crippen molar-refractivity contribution < 1.29 is 18.7 Å². The highest BCUT2D eigenvalue weighted by Gasteiger charge is 2.36. The lowest BCUT2D eigenvalue weighted by Crippen LogP contribution is -2.40. The van der Waals surface area contributed by atoms with Crippen molar-refractivity contribution >= 4 is 5.91 Å². The Bertz CT molecular complexity index is 444. The zero-order valence-electron chi connectivity index (χ0n) is 10.1. The summed E-state index contributed by atoms with van der Waals surface area (Å²) >= 11 is 0. The Morgan fingerprint density at radius 3 is 2.61 bits per heavy atom. The van der Waals surface area contributed by atoms with E-state index in [9.17, 15) is 18.7 Å². The maximum atomic E-state index is 13.5. The Labute approximate surface area is 104 Å². The Balaban J connectivity index is 2.32. The van der Waals surface area contributed by atoms with Gasteiger partial charge in [-0.2, -0.15) is 0 Å². The van der Waals surface area contributed by atoms with E-state index in [1.165, 1.54) is 11.0 Å². The zero-order valence-corrected chi connectivity index (χ0v) is 10.1. The van der Waals surface area contributed by atoms with Crippen molar-refractivity contribution in [3.63, 3.8) is 0 Å². The molecule has 1 N–H and O–H groups in total. The normalized spacial score (nSPS) is 23.4. The van der Waals surface area contributed by atoms with Crippen molar-refractivity contribution in [2.75, 3.05) is 13.2 Å². The molecule has 1 aromatic carbocycles. The van der Waals surface area contributed by atoms with E-state index in [4.69, 9.17) is 0 Å². The van der Waals surface area contributed by atoms with Crippen molar-refractivity contribution in [2.45, 2.75) is 19.4 Å². The summed E-state index contributed by atoms with van der Waals surface area (Å²) in [7, 11) is 0. The van der Waals surface area contributed by atoms with Crippen LogP contribution in [0.5, 0.6) is 0 Å². The highest BCUT2D eigenvalue weighted by Crippen LogP contribution is 2.26. The van der Waals surface area contributed by atoms with Crippen LogP contribution >= 0.6 is 0 Å². The van der Waals surface area contributed by atoms with E-state index in [-0.39, 0.29) is 18.6 Å². The van der Waals surface area contributed by atoms with Gasteiger partial charge in [0.05, 0.1) is 12.6 Å². The number of likely N-dealkylation sites (tertiary alicyclic amines) is 1. The van der Waals surface area contributed by atoms with Crippen LogP contribution in [0.15, 0.2) is 18.2 Å². The lowest BCUT2D eigenvalue weighted by Gasteiger charge is -2.25. The van der Waals surface area contributed by atoms with E-state index >= 15 is 0 Å². The fraction of sp³-hybridized carbons (Fsp3) is 0.462. The second-order valence-corrected chi connectivity index (χ2v) is 4.61. The van der Waals surface area contributed by atoms with Gasteiger partial charge < -0.3 is 10.0 Å². The molecular weight excluding hydrogens is 240 g/mol. The zero-order chi connectivity index (χ0) is 13.3. The summed E-state index contributed by atoms with van der Waals surface area (Å²) in [5.74, 6) is -2.28.